The first kappa shape index (κ1) is 84.6. The van der Waals surface area contributed by atoms with Crippen molar-refractivity contribution in [2.24, 2.45) is 0 Å². The highest BCUT2D eigenvalue weighted by Crippen LogP contribution is 2.26. The Bertz CT molecular complexity index is 2040. The van der Waals surface area contributed by atoms with Gasteiger partial charge in [-0.1, -0.05) is 301 Å². The molecule has 0 aliphatic carbocycles. The van der Waals surface area contributed by atoms with E-state index in [4.69, 9.17) is 14.2 Å². The van der Waals surface area contributed by atoms with E-state index in [2.05, 4.69) is 160 Å². The molecule has 1 aliphatic rings. The molecular weight excluding hydrogens is 1130 g/mol. The van der Waals surface area contributed by atoms with Crippen molar-refractivity contribution >= 4 is 11.9 Å². The van der Waals surface area contributed by atoms with Crippen LogP contribution in [0.3, 0.4) is 0 Å². The molecule has 1 aliphatic heterocycles. The summed E-state index contributed by atoms with van der Waals surface area (Å²) in [7, 11) is 0. The number of nitrogens with one attached hydrogen (secondary N) is 1. The summed E-state index contributed by atoms with van der Waals surface area (Å²) in [5.41, 5.74) is 0. The minimum Gasteiger partial charge on any atom is -0.454 e. The van der Waals surface area contributed by atoms with Crippen LogP contribution in [0.1, 0.15) is 284 Å². The first-order valence-corrected chi connectivity index (χ1v) is 36.6. The third kappa shape index (κ3) is 52.6. The van der Waals surface area contributed by atoms with Crippen LogP contribution < -0.4 is 5.32 Å². The average Bonchev–Trinajstić information content (AvgIpc) is 0.943. The fourth-order valence-electron chi connectivity index (χ4n) is 10.6. The zero-order chi connectivity index (χ0) is 66.0. The van der Waals surface area contributed by atoms with Gasteiger partial charge >= 0.3 is 5.97 Å². The van der Waals surface area contributed by atoms with Gasteiger partial charge < -0.3 is 45.1 Å². The predicted molar refractivity (Wildman–Crippen MR) is 384 cm³/mol. The Morgan fingerprint density at radius 1 is 0.440 bits per heavy atom. The highest BCUT2D eigenvalue weighted by atomic mass is 16.7. The number of hydrogen-bond acceptors (Lipinski definition) is 10. The topological polar surface area (TPSA) is 175 Å². The Balaban J connectivity index is 2.55. The molecule has 1 amide bonds. The summed E-state index contributed by atoms with van der Waals surface area (Å²) >= 11 is 0. The quantitative estimate of drug-likeness (QED) is 0.0195. The molecule has 0 spiro atoms. The average molecular weight is 1270 g/mol. The number of aliphatic hydroxyl groups excluding tert-OH is 5. The Labute approximate surface area is 555 Å². The van der Waals surface area contributed by atoms with Crippen molar-refractivity contribution < 1.29 is 49.3 Å². The summed E-state index contributed by atoms with van der Waals surface area (Å²) in [6.07, 6.45) is 84.5. The Hall–Kier alpha value is -4.46. The van der Waals surface area contributed by atoms with Gasteiger partial charge in [-0.3, -0.25) is 9.59 Å². The fourth-order valence-corrected chi connectivity index (χ4v) is 10.6. The normalized spacial score (nSPS) is 18.9. The molecule has 1 saturated heterocycles. The van der Waals surface area contributed by atoms with Crippen LogP contribution in [0.15, 0.2) is 146 Å². The minimum atomic E-state index is -1.63. The third-order valence-corrected chi connectivity index (χ3v) is 16.2. The van der Waals surface area contributed by atoms with E-state index in [1.54, 1.807) is 6.08 Å². The number of carbonyl (C=O) groups excluding carboxylic acids is 2. The zero-order valence-corrected chi connectivity index (χ0v) is 57.7. The second kappa shape index (κ2) is 65.6. The van der Waals surface area contributed by atoms with Crippen molar-refractivity contribution in [2.45, 2.75) is 333 Å². The number of unbranched alkanes of at least 4 members (excludes halogenated alkanes) is 25. The molecule has 518 valence electrons. The maximum absolute atomic E-state index is 13.5. The van der Waals surface area contributed by atoms with E-state index in [1.165, 1.54) is 77.0 Å². The lowest BCUT2D eigenvalue weighted by Crippen LogP contribution is -2.61. The zero-order valence-electron chi connectivity index (χ0n) is 57.7. The molecule has 1 fully saturated rings. The van der Waals surface area contributed by atoms with Gasteiger partial charge in [0.1, 0.15) is 24.4 Å². The van der Waals surface area contributed by atoms with Gasteiger partial charge in [-0.25, -0.2) is 0 Å². The number of carbonyl (C=O) groups is 2. The SMILES string of the molecule is CC/C=C\C/C=C\C/C=C\C/C=C\C/C=C\C/C=C\CCCCCCCC(O)C(=O)NC(COC1OC(CO)C(O)C(O)C1OC(=O)CCCCCCCCCCCCC/C=C\C/C=C\C/C=C\C/C=C\C/C=C\CC)C(O)/C=C/CCCCCCCCCCC. The monoisotopic (exact) mass is 1270 g/mol. The molecular formula is C80H133NO10. The highest BCUT2D eigenvalue weighted by Gasteiger charge is 2.47. The van der Waals surface area contributed by atoms with Crippen molar-refractivity contribution in [3.63, 3.8) is 0 Å². The molecule has 91 heavy (non-hydrogen) atoms. The van der Waals surface area contributed by atoms with Gasteiger partial charge in [0, 0.05) is 6.42 Å². The summed E-state index contributed by atoms with van der Waals surface area (Å²) in [5.74, 6) is -1.22. The highest BCUT2D eigenvalue weighted by molar-refractivity contribution is 5.80. The lowest BCUT2D eigenvalue weighted by atomic mass is 9.99. The van der Waals surface area contributed by atoms with Crippen LogP contribution in [0.25, 0.3) is 0 Å². The molecule has 0 saturated carbocycles. The van der Waals surface area contributed by atoms with E-state index in [-0.39, 0.29) is 19.4 Å². The molecule has 6 N–H and O–H groups in total. The molecule has 0 bridgehead atoms. The third-order valence-electron chi connectivity index (χ3n) is 16.2. The van der Waals surface area contributed by atoms with Crippen molar-refractivity contribution in [3.8, 4) is 0 Å². The first-order valence-electron chi connectivity index (χ1n) is 36.6. The molecule has 11 nitrogen and oxygen atoms in total. The number of ether oxygens (including phenoxy) is 3. The van der Waals surface area contributed by atoms with Gasteiger partial charge in [-0.05, 0) is 122 Å². The maximum Gasteiger partial charge on any atom is 0.306 e. The van der Waals surface area contributed by atoms with E-state index in [9.17, 15) is 35.1 Å². The van der Waals surface area contributed by atoms with Gasteiger partial charge in [-0.15, -0.1) is 0 Å². The predicted octanol–water partition coefficient (Wildman–Crippen LogP) is 19.3. The van der Waals surface area contributed by atoms with Crippen LogP contribution in [0.4, 0.5) is 0 Å². The molecule has 0 radical (unpaired) electrons. The molecule has 8 atom stereocenters. The molecule has 11 heteroatoms. The van der Waals surface area contributed by atoms with E-state index in [1.807, 2.05) is 6.08 Å². The summed E-state index contributed by atoms with van der Waals surface area (Å²) in [6, 6.07) is -1.04. The Morgan fingerprint density at radius 3 is 1.19 bits per heavy atom. The van der Waals surface area contributed by atoms with Gasteiger partial charge in [-0.2, -0.15) is 0 Å². The number of esters is 1. The van der Waals surface area contributed by atoms with Crippen LogP contribution in [-0.2, 0) is 23.8 Å². The first-order chi connectivity index (χ1) is 44.7. The summed E-state index contributed by atoms with van der Waals surface area (Å²) in [4.78, 5) is 26.7. The van der Waals surface area contributed by atoms with E-state index < -0.39 is 67.4 Å². The number of hydrogen-bond donors (Lipinski definition) is 6. The van der Waals surface area contributed by atoms with E-state index >= 15 is 0 Å². The second-order valence-electron chi connectivity index (χ2n) is 24.6. The second-order valence-corrected chi connectivity index (χ2v) is 24.6. The van der Waals surface area contributed by atoms with Gasteiger partial charge in [0.05, 0.1) is 25.4 Å². The van der Waals surface area contributed by atoms with Gasteiger partial charge in [0.2, 0.25) is 5.91 Å². The molecule has 1 heterocycles. The van der Waals surface area contributed by atoms with Gasteiger partial charge in [0.15, 0.2) is 12.4 Å². The van der Waals surface area contributed by atoms with Crippen LogP contribution in [0, 0.1) is 0 Å². The lowest BCUT2D eigenvalue weighted by molar-refractivity contribution is -0.305. The molecule has 8 unspecified atom stereocenters. The van der Waals surface area contributed by atoms with Crippen molar-refractivity contribution in [3.05, 3.63) is 146 Å². The Kier molecular flexibility index (Phi) is 60.9. The van der Waals surface area contributed by atoms with Crippen LogP contribution in [0.2, 0.25) is 0 Å². The summed E-state index contributed by atoms with van der Waals surface area (Å²) in [5, 5.41) is 57.3. The van der Waals surface area contributed by atoms with Crippen molar-refractivity contribution in [1.29, 1.82) is 0 Å². The fraction of sp³-hybridized carbons (Fsp3) is 0.675. The minimum absolute atomic E-state index is 0.110. The largest absolute Gasteiger partial charge is 0.454 e. The number of amides is 1. The smallest absolute Gasteiger partial charge is 0.306 e. The maximum atomic E-state index is 13.5. The van der Waals surface area contributed by atoms with Gasteiger partial charge in [0.25, 0.3) is 0 Å². The number of allylic oxidation sites excluding steroid dienone is 23. The summed E-state index contributed by atoms with van der Waals surface area (Å²) in [6.45, 7) is 5.56. The molecule has 0 aromatic heterocycles. The Morgan fingerprint density at radius 2 is 0.791 bits per heavy atom. The van der Waals surface area contributed by atoms with Crippen LogP contribution >= 0.6 is 0 Å². The van der Waals surface area contributed by atoms with E-state index in [0.717, 1.165) is 161 Å². The molecule has 1 rings (SSSR count). The van der Waals surface area contributed by atoms with Crippen LogP contribution in [0.5, 0.6) is 0 Å². The molecule has 0 aromatic rings. The van der Waals surface area contributed by atoms with E-state index in [0.29, 0.717) is 12.8 Å². The van der Waals surface area contributed by atoms with Crippen molar-refractivity contribution in [1.82, 2.24) is 5.32 Å². The lowest BCUT2D eigenvalue weighted by Gasteiger charge is -2.41. The van der Waals surface area contributed by atoms with Crippen molar-refractivity contribution in [2.75, 3.05) is 13.2 Å². The standard InChI is InChI=1S/C80H133NO10/c1-4-7-10-13-16-19-22-24-26-28-30-32-34-36-37-38-40-42-44-46-48-50-53-56-59-62-65-68-75(85)91-78-77(87)76(86)74(69-82)90-80(78)89-70-71(72(83)66-63-60-57-54-51-21-18-15-12-9-6-3)81-79(88)73(84)67-64-61-58-55-52-49-47-45-43-41-39-35-33-31-29-27-25-23-20-17-14-11-8-5-2/h7-8,10-11,16-17,19-20,24-27,30-33,36-37,39,41,45,47,63,66,71-74,76-78,80,82-84,86-87H,4-6,9,12-15,18,21-23,28-29,34-35,38,40,42-44,46,48-62,64-65,67-70H2,1-3H3,(H,81,88)/b10-7-,11-8-,19-16-,20-17-,26-24-,27-25-,32-30-,33-31-,37-36-,41-39-,47-45-,66-63+. The molecule has 0 aromatic carbocycles. The number of aliphatic hydroxyl groups is 5. The number of rotatable bonds is 61. The summed E-state index contributed by atoms with van der Waals surface area (Å²) < 4.78 is 17.7. The van der Waals surface area contributed by atoms with Crippen LogP contribution in [-0.4, -0.2) is 99.6 Å².